The van der Waals surface area contributed by atoms with E-state index in [4.69, 9.17) is 14.6 Å². The zero-order valence-electron chi connectivity index (χ0n) is 12.3. The topological polar surface area (TPSA) is 80.9 Å². The number of ether oxygens (including phenoxy) is 2. The molecule has 6 nitrogen and oxygen atoms in total. The summed E-state index contributed by atoms with van der Waals surface area (Å²) in [5.74, 6) is 0.166. The van der Waals surface area contributed by atoms with Gasteiger partial charge in [0, 0.05) is 24.6 Å². The second-order valence-corrected chi connectivity index (χ2v) is 4.73. The van der Waals surface area contributed by atoms with Crippen LogP contribution in [0.5, 0.6) is 11.5 Å². The number of aromatic carboxylic acids is 1. The molecule has 0 radical (unpaired) electrons. The van der Waals surface area contributed by atoms with Gasteiger partial charge < -0.3 is 24.3 Å². The second kappa shape index (κ2) is 6.05. The lowest BCUT2D eigenvalue weighted by Gasteiger charge is -2.11. The van der Waals surface area contributed by atoms with Crippen molar-refractivity contribution in [3.63, 3.8) is 0 Å². The molecule has 0 aliphatic heterocycles. The molecule has 114 valence electrons. The van der Waals surface area contributed by atoms with Crippen molar-refractivity contribution in [1.82, 2.24) is 4.57 Å². The molecule has 0 atom stereocenters. The molecule has 0 bridgehead atoms. The van der Waals surface area contributed by atoms with Crippen LogP contribution >= 0.6 is 0 Å². The Balaban J connectivity index is 2.82. The Labute approximate surface area is 122 Å². The van der Waals surface area contributed by atoms with Crippen LogP contribution in [-0.4, -0.2) is 41.6 Å². The summed E-state index contributed by atoms with van der Waals surface area (Å²) in [6.45, 7) is 2.17. The number of aliphatic hydroxyl groups excluding tert-OH is 1. The van der Waals surface area contributed by atoms with Crippen molar-refractivity contribution in [2.45, 2.75) is 19.9 Å². The van der Waals surface area contributed by atoms with Gasteiger partial charge in [0.15, 0.2) is 0 Å². The molecule has 0 amide bonds. The van der Waals surface area contributed by atoms with Crippen molar-refractivity contribution in [1.29, 1.82) is 0 Å². The zero-order chi connectivity index (χ0) is 15.6. The van der Waals surface area contributed by atoms with E-state index in [2.05, 4.69) is 0 Å². The van der Waals surface area contributed by atoms with Gasteiger partial charge in [0.25, 0.3) is 0 Å². The van der Waals surface area contributed by atoms with Crippen molar-refractivity contribution >= 4 is 16.9 Å². The van der Waals surface area contributed by atoms with Gasteiger partial charge in [-0.2, -0.15) is 0 Å². The number of hydrogen-bond donors (Lipinski definition) is 2. The Hall–Kier alpha value is -2.21. The number of carboxylic acid groups (broad SMARTS) is 1. The summed E-state index contributed by atoms with van der Waals surface area (Å²) in [5.41, 5.74) is 1.58. The molecular weight excluding hydrogens is 274 g/mol. The quantitative estimate of drug-likeness (QED) is 0.852. The summed E-state index contributed by atoms with van der Waals surface area (Å²) >= 11 is 0. The smallest absolute Gasteiger partial charge is 0.352 e. The fraction of sp³-hybridized carbons (Fsp3) is 0.400. The Morgan fingerprint density at radius 1 is 1.29 bits per heavy atom. The SMILES string of the molecule is COc1cc(OC)c2c(c1)c(C)c(C(=O)O)n2CCCO. The van der Waals surface area contributed by atoms with E-state index in [0.717, 1.165) is 5.39 Å². The molecule has 0 aliphatic carbocycles. The first-order valence-electron chi connectivity index (χ1n) is 6.64. The molecule has 2 aromatic rings. The van der Waals surface area contributed by atoms with E-state index in [-0.39, 0.29) is 12.3 Å². The van der Waals surface area contributed by atoms with Gasteiger partial charge >= 0.3 is 5.97 Å². The third kappa shape index (κ3) is 2.54. The minimum atomic E-state index is -0.998. The average Bonchev–Trinajstić information content (AvgIpc) is 2.76. The number of benzene rings is 1. The highest BCUT2D eigenvalue weighted by Gasteiger charge is 2.22. The van der Waals surface area contributed by atoms with E-state index in [1.165, 1.54) is 7.11 Å². The number of aromatic nitrogens is 1. The number of rotatable bonds is 6. The second-order valence-electron chi connectivity index (χ2n) is 4.73. The van der Waals surface area contributed by atoms with Crippen LogP contribution in [0.1, 0.15) is 22.5 Å². The number of nitrogens with zero attached hydrogens (tertiary/aromatic N) is 1. The fourth-order valence-electron chi connectivity index (χ4n) is 2.59. The minimum Gasteiger partial charge on any atom is -0.497 e. The highest BCUT2D eigenvalue weighted by atomic mass is 16.5. The predicted molar refractivity (Wildman–Crippen MR) is 78.4 cm³/mol. The maximum Gasteiger partial charge on any atom is 0.352 e. The molecule has 6 heteroatoms. The molecule has 0 unspecified atom stereocenters. The van der Waals surface area contributed by atoms with Crippen LogP contribution in [0, 0.1) is 6.92 Å². The Morgan fingerprint density at radius 3 is 2.52 bits per heavy atom. The maximum absolute atomic E-state index is 11.6. The molecule has 1 aromatic carbocycles. The van der Waals surface area contributed by atoms with Crippen LogP contribution in [0.3, 0.4) is 0 Å². The highest BCUT2D eigenvalue weighted by molar-refractivity contribution is 6.00. The molecular formula is C15H19NO5. The molecule has 0 saturated carbocycles. The fourth-order valence-corrected chi connectivity index (χ4v) is 2.59. The van der Waals surface area contributed by atoms with E-state index >= 15 is 0 Å². The predicted octanol–water partition coefficient (Wildman–Crippen LogP) is 2.05. The number of fused-ring (bicyclic) bond motifs is 1. The molecule has 0 saturated heterocycles. The van der Waals surface area contributed by atoms with Crippen LogP contribution in [-0.2, 0) is 6.54 Å². The van der Waals surface area contributed by atoms with Gasteiger partial charge in [0.2, 0.25) is 0 Å². The largest absolute Gasteiger partial charge is 0.497 e. The first-order valence-corrected chi connectivity index (χ1v) is 6.64. The number of methoxy groups -OCH3 is 2. The van der Waals surface area contributed by atoms with Crippen molar-refractivity contribution in [3.8, 4) is 11.5 Å². The zero-order valence-corrected chi connectivity index (χ0v) is 12.3. The monoisotopic (exact) mass is 293 g/mol. The van der Waals surface area contributed by atoms with Gasteiger partial charge in [-0.25, -0.2) is 4.79 Å². The third-order valence-corrected chi connectivity index (χ3v) is 3.55. The Morgan fingerprint density at radius 2 is 2.00 bits per heavy atom. The van der Waals surface area contributed by atoms with Crippen LogP contribution < -0.4 is 9.47 Å². The van der Waals surface area contributed by atoms with Crippen LogP contribution in [0.2, 0.25) is 0 Å². The van der Waals surface area contributed by atoms with E-state index in [1.807, 2.05) is 0 Å². The van der Waals surface area contributed by atoms with E-state index < -0.39 is 5.97 Å². The number of carbonyl (C=O) groups is 1. The average molecular weight is 293 g/mol. The first kappa shape index (κ1) is 15.2. The van der Waals surface area contributed by atoms with Gasteiger partial charge in [0.05, 0.1) is 19.7 Å². The standard InChI is InChI=1S/C15H19NO5/c1-9-11-7-10(20-2)8-12(21-3)14(11)16(5-4-6-17)13(9)15(18)19/h7-8,17H,4-6H2,1-3H3,(H,18,19). The maximum atomic E-state index is 11.6. The molecule has 2 N–H and O–H groups in total. The number of hydrogen-bond acceptors (Lipinski definition) is 4. The van der Waals surface area contributed by atoms with Gasteiger partial charge in [-0.15, -0.1) is 0 Å². The Bertz CT molecular complexity index is 674. The number of aliphatic hydroxyl groups is 1. The van der Waals surface area contributed by atoms with Crippen LogP contribution in [0.25, 0.3) is 10.9 Å². The highest BCUT2D eigenvalue weighted by Crippen LogP contribution is 2.36. The van der Waals surface area contributed by atoms with Gasteiger partial charge in [0.1, 0.15) is 17.2 Å². The van der Waals surface area contributed by atoms with Crippen molar-refractivity contribution in [3.05, 3.63) is 23.4 Å². The summed E-state index contributed by atoms with van der Waals surface area (Å²) in [6.07, 6.45) is 0.471. The molecule has 1 heterocycles. The third-order valence-electron chi connectivity index (χ3n) is 3.55. The molecule has 1 aromatic heterocycles. The molecule has 0 spiro atoms. The van der Waals surface area contributed by atoms with E-state index in [1.54, 1.807) is 30.7 Å². The van der Waals surface area contributed by atoms with Crippen molar-refractivity contribution in [2.24, 2.45) is 0 Å². The van der Waals surface area contributed by atoms with Gasteiger partial charge in [-0.3, -0.25) is 0 Å². The lowest BCUT2D eigenvalue weighted by molar-refractivity contribution is 0.0684. The Kier molecular flexibility index (Phi) is 4.37. The lowest BCUT2D eigenvalue weighted by Crippen LogP contribution is -2.11. The number of aryl methyl sites for hydroxylation is 2. The molecule has 2 rings (SSSR count). The summed E-state index contributed by atoms with van der Waals surface area (Å²) < 4.78 is 12.3. The molecule has 21 heavy (non-hydrogen) atoms. The molecule has 0 fully saturated rings. The van der Waals surface area contributed by atoms with Gasteiger partial charge in [-0.05, 0) is 25.0 Å². The van der Waals surface area contributed by atoms with Gasteiger partial charge in [-0.1, -0.05) is 0 Å². The summed E-state index contributed by atoms with van der Waals surface area (Å²) in [4.78, 5) is 11.6. The van der Waals surface area contributed by atoms with Crippen molar-refractivity contribution in [2.75, 3.05) is 20.8 Å². The summed E-state index contributed by atoms with van der Waals surface area (Å²) in [5, 5.41) is 19.3. The first-order chi connectivity index (χ1) is 10.0. The summed E-state index contributed by atoms with van der Waals surface area (Å²) in [7, 11) is 3.09. The van der Waals surface area contributed by atoms with Crippen LogP contribution in [0.4, 0.5) is 0 Å². The normalized spacial score (nSPS) is 10.9. The lowest BCUT2D eigenvalue weighted by atomic mass is 10.1. The van der Waals surface area contributed by atoms with Crippen LogP contribution in [0.15, 0.2) is 12.1 Å². The summed E-state index contributed by atoms with van der Waals surface area (Å²) in [6, 6.07) is 3.53. The van der Waals surface area contributed by atoms with Crippen molar-refractivity contribution < 1.29 is 24.5 Å². The van der Waals surface area contributed by atoms with E-state index in [9.17, 15) is 9.90 Å². The molecule has 0 aliphatic rings. The minimum absolute atomic E-state index is 0.00372. The number of carboxylic acids is 1. The van der Waals surface area contributed by atoms with E-state index in [0.29, 0.717) is 35.5 Å².